The highest BCUT2D eigenvalue weighted by molar-refractivity contribution is 5.97. The second-order valence-corrected chi connectivity index (χ2v) is 12.9. The van der Waals surface area contributed by atoms with Gasteiger partial charge < -0.3 is 26.2 Å². The average molecular weight is 591 g/mol. The van der Waals surface area contributed by atoms with E-state index in [1.807, 2.05) is 41.5 Å². The molecule has 0 saturated carbocycles. The van der Waals surface area contributed by atoms with Crippen molar-refractivity contribution in [3.05, 3.63) is 30.1 Å². The normalized spacial score (nSPS) is 15.4. The van der Waals surface area contributed by atoms with Gasteiger partial charge in [0.25, 0.3) is 5.91 Å². The van der Waals surface area contributed by atoms with Gasteiger partial charge in [0.15, 0.2) is 0 Å². The molecule has 0 spiro atoms. The molecule has 240 valence electrons. The van der Waals surface area contributed by atoms with E-state index < -0.39 is 42.0 Å². The lowest BCUT2D eigenvalue weighted by Crippen LogP contribution is -2.57. The summed E-state index contributed by atoms with van der Waals surface area (Å²) in [6.07, 6.45) is 6.08. The topological polar surface area (TPSA) is 141 Å². The highest BCUT2D eigenvalue weighted by Crippen LogP contribution is 2.24. The van der Waals surface area contributed by atoms with Crippen LogP contribution < -0.4 is 16.0 Å². The lowest BCUT2D eigenvalue weighted by molar-refractivity contribution is -0.137. The molecule has 1 unspecified atom stereocenters. The summed E-state index contributed by atoms with van der Waals surface area (Å²) in [5, 5.41) is 31.4. The first kappa shape index (κ1) is 37.5. The summed E-state index contributed by atoms with van der Waals surface area (Å²) in [6.45, 7) is 16.3. The van der Waals surface area contributed by atoms with Gasteiger partial charge in [0, 0.05) is 18.9 Å². The zero-order valence-corrected chi connectivity index (χ0v) is 27.2. The molecular formula is C33H58N4O5. The second-order valence-electron chi connectivity index (χ2n) is 12.9. The van der Waals surface area contributed by atoms with Gasteiger partial charge in [-0.1, -0.05) is 81.1 Å². The minimum Gasteiger partial charge on any atom is -0.390 e. The van der Waals surface area contributed by atoms with Crippen molar-refractivity contribution in [2.45, 2.75) is 125 Å². The Bertz CT molecular complexity index is 918. The van der Waals surface area contributed by atoms with E-state index in [0.29, 0.717) is 30.9 Å². The van der Waals surface area contributed by atoms with Crippen molar-refractivity contribution in [3.63, 3.8) is 0 Å². The maximum absolute atomic E-state index is 13.8. The van der Waals surface area contributed by atoms with E-state index in [0.717, 1.165) is 32.1 Å². The largest absolute Gasteiger partial charge is 0.390 e. The summed E-state index contributed by atoms with van der Waals surface area (Å²) in [5.41, 5.74) is 0.357. The number of hydrogen-bond acceptors (Lipinski definition) is 6. The first-order valence-electron chi connectivity index (χ1n) is 16.0. The number of nitrogens with one attached hydrogen (secondary N) is 3. The van der Waals surface area contributed by atoms with E-state index in [9.17, 15) is 24.6 Å². The fraction of sp³-hybridized carbons (Fsp3) is 0.758. The summed E-state index contributed by atoms with van der Waals surface area (Å²) in [7, 11) is 0. The quantitative estimate of drug-likeness (QED) is 0.152. The van der Waals surface area contributed by atoms with Crippen molar-refractivity contribution >= 4 is 17.7 Å². The van der Waals surface area contributed by atoms with Gasteiger partial charge in [-0.25, -0.2) is 0 Å². The van der Waals surface area contributed by atoms with Crippen LogP contribution in [0.3, 0.4) is 0 Å². The first-order valence-corrected chi connectivity index (χ1v) is 16.0. The molecule has 0 aromatic carbocycles. The van der Waals surface area contributed by atoms with Crippen LogP contribution in [0.15, 0.2) is 24.5 Å². The van der Waals surface area contributed by atoms with Gasteiger partial charge in [0.2, 0.25) is 11.8 Å². The van der Waals surface area contributed by atoms with Crippen LogP contribution in [0.1, 0.15) is 111 Å². The van der Waals surface area contributed by atoms with Gasteiger partial charge in [-0.15, -0.1) is 0 Å². The van der Waals surface area contributed by atoms with Gasteiger partial charge in [-0.05, 0) is 55.1 Å². The van der Waals surface area contributed by atoms with E-state index in [2.05, 4.69) is 34.8 Å². The van der Waals surface area contributed by atoms with Gasteiger partial charge in [-0.2, -0.15) is 0 Å². The number of nitrogens with zero attached hydrogens (tertiary/aromatic N) is 1. The zero-order valence-electron chi connectivity index (χ0n) is 27.2. The van der Waals surface area contributed by atoms with E-state index in [4.69, 9.17) is 0 Å². The third-order valence-electron chi connectivity index (χ3n) is 7.69. The van der Waals surface area contributed by atoms with Crippen LogP contribution in [0.2, 0.25) is 0 Å². The van der Waals surface area contributed by atoms with E-state index >= 15 is 0 Å². The van der Waals surface area contributed by atoms with Gasteiger partial charge in [-0.3, -0.25) is 19.4 Å². The monoisotopic (exact) mass is 590 g/mol. The van der Waals surface area contributed by atoms with Crippen LogP contribution >= 0.6 is 0 Å². The zero-order chi connectivity index (χ0) is 31.8. The molecule has 1 aromatic rings. The predicted molar refractivity (Wildman–Crippen MR) is 168 cm³/mol. The lowest BCUT2D eigenvalue weighted by atomic mass is 9.83. The first-order chi connectivity index (χ1) is 19.8. The fourth-order valence-electron chi connectivity index (χ4n) is 5.46. The molecule has 0 aliphatic carbocycles. The molecule has 0 bridgehead atoms. The third kappa shape index (κ3) is 13.2. The summed E-state index contributed by atoms with van der Waals surface area (Å²) in [5.74, 6) is -1.45. The molecule has 5 N–H and O–H groups in total. The molecule has 0 aliphatic heterocycles. The van der Waals surface area contributed by atoms with Crippen molar-refractivity contribution in [3.8, 4) is 0 Å². The van der Waals surface area contributed by atoms with Crippen LogP contribution in [-0.2, 0) is 9.59 Å². The van der Waals surface area contributed by atoms with Crippen LogP contribution in [0.5, 0.6) is 0 Å². The second kappa shape index (κ2) is 19.6. The molecular weight excluding hydrogens is 532 g/mol. The Morgan fingerprint density at radius 3 is 1.98 bits per heavy atom. The number of amides is 3. The molecule has 9 heteroatoms. The number of aromatic nitrogens is 1. The molecule has 1 rings (SSSR count). The molecule has 0 aliphatic rings. The summed E-state index contributed by atoms with van der Waals surface area (Å²) >= 11 is 0. The Hall–Kier alpha value is -2.52. The molecule has 42 heavy (non-hydrogen) atoms. The van der Waals surface area contributed by atoms with Crippen molar-refractivity contribution < 1.29 is 24.6 Å². The molecule has 9 nitrogen and oxygen atoms in total. The van der Waals surface area contributed by atoms with Gasteiger partial charge in [0.05, 0.1) is 23.6 Å². The Labute approximate surface area is 254 Å². The molecule has 0 saturated heterocycles. The number of aliphatic hydroxyl groups is 2. The maximum Gasteiger partial charge on any atom is 0.253 e. The number of hydrogen-bond donors (Lipinski definition) is 5. The SMILES string of the molecule is CCCC(CCC)CCC(NC(=O)c1cccnc1)C(=O)N[C@@H](CC(C)C)[C@@H](O)[C@H](O)[C@H](C(=O)NCC(C)C)C(C)C. The van der Waals surface area contributed by atoms with Gasteiger partial charge >= 0.3 is 0 Å². The van der Waals surface area contributed by atoms with Crippen LogP contribution in [0, 0.1) is 29.6 Å². The number of carbonyl (C=O) groups is 3. The van der Waals surface area contributed by atoms with Crippen molar-refractivity contribution in [1.29, 1.82) is 0 Å². The minimum absolute atomic E-state index is 0.0892. The Morgan fingerprint density at radius 1 is 0.833 bits per heavy atom. The highest BCUT2D eigenvalue weighted by Gasteiger charge is 2.39. The average Bonchev–Trinajstić information content (AvgIpc) is 2.93. The summed E-state index contributed by atoms with van der Waals surface area (Å²) < 4.78 is 0. The van der Waals surface area contributed by atoms with Crippen molar-refractivity contribution in [1.82, 2.24) is 20.9 Å². The summed E-state index contributed by atoms with van der Waals surface area (Å²) in [4.78, 5) is 43.8. The number of pyridine rings is 1. The third-order valence-corrected chi connectivity index (χ3v) is 7.69. The summed E-state index contributed by atoms with van der Waals surface area (Å²) in [6, 6.07) is 1.67. The predicted octanol–water partition coefficient (Wildman–Crippen LogP) is 4.47. The molecule has 1 heterocycles. The van der Waals surface area contributed by atoms with Gasteiger partial charge in [0.1, 0.15) is 12.1 Å². The fourth-order valence-corrected chi connectivity index (χ4v) is 5.46. The van der Waals surface area contributed by atoms with E-state index in [1.165, 1.54) is 6.20 Å². The van der Waals surface area contributed by atoms with Crippen LogP contribution in [0.4, 0.5) is 0 Å². The Kier molecular flexibility index (Phi) is 17.5. The maximum atomic E-state index is 13.8. The number of rotatable bonds is 20. The standard InChI is InChI=1S/C33H58N4O5/c1-9-12-24(13-10-2)15-16-26(36-31(40)25-14-11-17-34-20-25)32(41)37-27(18-21(3)4)29(38)30(39)28(23(7)8)33(42)35-19-22(5)6/h11,14,17,20-24,26-30,38-39H,9-10,12-13,15-16,18-19H2,1-8H3,(H,35,42)(H,36,40)(H,37,41)/t26?,27-,28+,29+,30+/m0/s1. The number of carbonyl (C=O) groups excluding carboxylic acids is 3. The van der Waals surface area contributed by atoms with Crippen LogP contribution in [0.25, 0.3) is 0 Å². The molecule has 1 aromatic heterocycles. The molecule has 5 atom stereocenters. The number of aliphatic hydroxyl groups excluding tert-OH is 2. The molecule has 0 fully saturated rings. The smallest absolute Gasteiger partial charge is 0.253 e. The van der Waals surface area contributed by atoms with E-state index in [1.54, 1.807) is 18.3 Å². The molecule has 3 amide bonds. The lowest BCUT2D eigenvalue weighted by Gasteiger charge is -2.35. The Balaban J connectivity index is 3.21. The molecule has 0 radical (unpaired) electrons. The van der Waals surface area contributed by atoms with E-state index in [-0.39, 0.29) is 23.7 Å². The van der Waals surface area contributed by atoms with Crippen molar-refractivity contribution in [2.24, 2.45) is 29.6 Å². The highest BCUT2D eigenvalue weighted by atomic mass is 16.3. The Morgan fingerprint density at radius 2 is 1.48 bits per heavy atom. The van der Waals surface area contributed by atoms with Crippen molar-refractivity contribution in [2.75, 3.05) is 6.54 Å². The van der Waals surface area contributed by atoms with Crippen LogP contribution in [-0.4, -0.2) is 63.8 Å². The minimum atomic E-state index is -1.39.